The summed E-state index contributed by atoms with van der Waals surface area (Å²) in [6.45, 7) is 1.57. The molecule has 3 rings (SSSR count). The molecule has 1 fully saturated rings. The van der Waals surface area contributed by atoms with E-state index in [0.717, 1.165) is 12.8 Å². The lowest BCUT2D eigenvalue weighted by molar-refractivity contribution is 0.352. The van der Waals surface area contributed by atoms with Crippen LogP contribution in [0.25, 0.3) is 0 Å². The number of halogens is 2. The van der Waals surface area contributed by atoms with E-state index in [9.17, 15) is 12.8 Å². The van der Waals surface area contributed by atoms with Crippen LogP contribution in [0.5, 0.6) is 11.5 Å². The molecule has 0 heterocycles. The van der Waals surface area contributed by atoms with Gasteiger partial charge in [-0.25, -0.2) is 12.8 Å². The second kappa shape index (κ2) is 7.66. The first-order valence-corrected chi connectivity index (χ1v) is 10.3. The molecule has 1 aliphatic rings. The van der Waals surface area contributed by atoms with Gasteiger partial charge >= 0.3 is 0 Å². The zero-order valence-electron chi connectivity index (χ0n) is 15.3. The smallest absolute Gasteiger partial charge is 0.244 e. The Morgan fingerprint density at radius 2 is 1.81 bits per heavy atom. The maximum absolute atomic E-state index is 14.2. The molecule has 1 aliphatic carbocycles. The van der Waals surface area contributed by atoms with Crippen LogP contribution in [-0.2, 0) is 16.6 Å². The number of methoxy groups -OCH3 is 2. The molecular weight excluding hydrogens is 393 g/mol. The van der Waals surface area contributed by atoms with Crippen molar-refractivity contribution in [2.75, 3.05) is 14.2 Å². The van der Waals surface area contributed by atoms with Gasteiger partial charge in [0.05, 0.1) is 19.1 Å². The van der Waals surface area contributed by atoms with Crippen molar-refractivity contribution in [3.8, 4) is 11.5 Å². The second-order valence-electron chi connectivity index (χ2n) is 6.45. The van der Waals surface area contributed by atoms with Gasteiger partial charge in [0.2, 0.25) is 10.0 Å². The summed E-state index contributed by atoms with van der Waals surface area (Å²) in [6, 6.07) is 7.22. The quantitative estimate of drug-likeness (QED) is 0.684. The number of sulfonamides is 1. The topological polar surface area (TPSA) is 55.8 Å². The third kappa shape index (κ3) is 3.90. The Morgan fingerprint density at radius 3 is 2.37 bits per heavy atom. The molecule has 0 unspecified atom stereocenters. The second-order valence-corrected chi connectivity index (χ2v) is 8.72. The molecule has 2 aromatic carbocycles. The van der Waals surface area contributed by atoms with Gasteiger partial charge in [-0.2, -0.15) is 4.31 Å². The van der Waals surface area contributed by atoms with E-state index in [0.29, 0.717) is 17.1 Å². The molecule has 0 amide bonds. The van der Waals surface area contributed by atoms with Crippen molar-refractivity contribution in [2.24, 2.45) is 0 Å². The van der Waals surface area contributed by atoms with Crippen LogP contribution < -0.4 is 9.47 Å². The van der Waals surface area contributed by atoms with Crippen molar-refractivity contribution in [3.63, 3.8) is 0 Å². The Hall–Kier alpha value is -1.83. The highest BCUT2D eigenvalue weighted by atomic mass is 35.5. The number of nitrogens with zero attached hydrogens (tertiary/aromatic N) is 1. The minimum Gasteiger partial charge on any atom is -0.493 e. The molecule has 1 saturated carbocycles. The zero-order valence-corrected chi connectivity index (χ0v) is 16.9. The van der Waals surface area contributed by atoms with Gasteiger partial charge in [-0.05, 0) is 43.5 Å². The normalized spacial score (nSPS) is 14.4. The Bertz CT molecular complexity index is 940. The van der Waals surface area contributed by atoms with Gasteiger partial charge in [-0.15, -0.1) is 0 Å². The van der Waals surface area contributed by atoms with Crippen molar-refractivity contribution < 1.29 is 22.3 Å². The third-order valence-electron chi connectivity index (χ3n) is 4.60. The molecule has 27 heavy (non-hydrogen) atoms. The van der Waals surface area contributed by atoms with Gasteiger partial charge in [0.15, 0.2) is 11.5 Å². The predicted octanol–water partition coefficient (Wildman–Crippen LogP) is 4.16. The number of hydrogen-bond acceptors (Lipinski definition) is 4. The largest absolute Gasteiger partial charge is 0.493 e. The fourth-order valence-electron chi connectivity index (χ4n) is 2.98. The van der Waals surface area contributed by atoms with Crippen LogP contribution in [0.3, 0.4) is 0 Å². The molecule has 0 spiro atoms. The van der Waals surface area contributed by atoms with Gasteiger partial charge in [0.25, 0.3) is 0 Å². The van der Waals surface area contributed by atoms with Crippen LogP contribution in [0, 0.1) is 12.7 Å². The van der Waals surface area contributed by atoms with E-state index in [1.165, 1.54) is 36.7 Å². The molecule has 0 aliphatic heterocycles. The van der Waals surface area contributed by atoms with Crippen LogP contribution in [0.1, 0.15) is 24.0 Å². The van der Waals surface area contributed by atoms with Crippen molar-refractivity contribution in [2.45, 2.75) is 37.2 Å². The highest BCUT2D eigenvalue weighted by molar-refractivity contribution is 7.89. The summed E-state index contributed by atoms with van der Waals surface area (Å²) in [5.74, 6) is 0.248. The van der Waals surface area contributed by atoms with E-state index in [1.54, 1.807) is 19.1 Å². The van der Waals surface area contributed by atoms with Crippen molar-refractivity contribution in [1.29, 1.82) is 0 Å². The zero-order chi connectivity index (χ0) is 19.8. The van der Waals surface area contributed by atoms with Crippen molar-refractivity contribution in [1.82, 2.24) is 4.31 Å². The standard InChI is InChI=1S/C19H21ClFNO4S/c1-12-9-17(25-2)18(26-3)10-19(12)27(23,24)22(13-7-8-13)11-14-15(20)5-4-6-16(14)21/h4-6,9-10,13H,7-8,11H2,1-3H3. The Labute approximate surface area is 163 Å². The van der Waals surface area contributed by atoms with E-state index < -0.39 is 15.8 Å². The summed E-state index contributed by atoms with van der Waals surface area (Å²) >= 11 is 6.12. The van der Waals surface area contributed by atoms with Crippen LogP contribution in [0.4, 0.5) is 4.39 Å². The fraction of sp³-hybridized carbons (Fsp3) is 0.368. The lowest BCUT2D eigenvalue weighted by Gasteiger charge is -2.24. The summed E-state index contributed by atoms with van der Waals surface area (Å²) in [4.78, 5) is 0.111. The van der Waals surface area contributed by atoms with Crippen molar-refractivity contribution >= 4 is 21.6 Å². The van der Waals surface area contributed by atoms with Crippen molar-refractivity contribution in [3.05, 3.63) is 52.3 Å². The van der Waals surface area contributed by atoms with Gasteiger partial charge < -0.3 is 9.47 Å². The van der Waals surface area contributed by atoms with Gasteiger partial charge in [0.1, 0.15) is 5.82 Å². The number of benzene rings is 2. The third-order valence-corrected chi connectivity index (χ3v) is 6.99. The maximum atomic E-state index is 14.2. The summed E-state index contributed by atoms with van der Waals surface area (Å²) in [5, 5.41) is 0.208. The molecule has 0 bridgehead atoms. The minimum absolute atomic E-state index is 0.111. The first-order valence-electron chi connectivity index (χ1n) is 8.47. The lowest BCUT2D eigenvalue weighted by atomic mass is 10.2. The fourth-order valence-corrected chi connectivity index (χ4v) is 5.08. The van der Waals surface area contributed by atoms with Crippen LogP contribution in [0.15, 0.2) is 35.2 Å². The highest BCUT2D eigenvalue weighted by Crippen LogP contribution is 2.39. The molecule has 146 valence electrons. The predicted molar refractivity (Wildman–Crippen MR) is 101 cm³/mol. The van der Waals surface area contributed by atoms with Gasteiger partial charge in [-0.3, -0.25) is 0 Å². The molecular formula is C19H21ClFNO4S. The van der Waals surface area contributed by atoms with Crippen LogP contribution >= 0.6 is 11.6 Å². The van der Waals surface area contributed by atoms with E-state index in [2.05, 4.69) is 0 Å². The first-order chi connectivity index (χ1) is 12.8. The average molecular weight is 414 g/mol. The van der Waals surface area contributed by atoms with E-state index in [-0.39, 0.29) is 28.1 Å². The monoisotopic (exact) mass is 413 g/mol. The molecule has 2 aromatic rings. The summed E-state index contributed by atoms with van der Waals surface area (Å²) in [6.07, 6.45) is 1.47. The first kappa shape index (κ1) is 19.9. The Kier molecular flexibility index (Phi) is 5.65. The molecule has 5 nitrogen and oxygen atoms in total. The maximum Gasteiger partial charge on any atom is 0.244 e. The molecule has 0 aromatic heterocycles. The van der Waals surface area contributed by atoms with Crippen LogP contribution in [0.2, 0.25) is 5.02 Å². The molecule has 0 N–H and O–H groups in total. The molecule has 8 heteroatoms. The average Bonchev–Trinajstić information content (AvgIpc) is 3.45. The molecule has 0 saturated heterocycles. The lowest BCUT2D eigenvalue weighted by Crippen LogP contribution is -2.33. The van der Waals surface area contributed by atoms with Crippen LogP contribution in [-0.4, -0.2) is 33.0 Å². The molecule has 0 atom stereocenters. The number of ether oxygens (including phenoxy) is 2. The van der Waals surface area contributed by atoms with E-state index in [1.807, 2.05) is 0 Å². The summed E-state index contributed by atoms with van der Waals surface area (Å²) in [5.41, 5.74) is 0.700. The number of aryl methyl sites for hydroxylation is 1. The summed E-state index contributed by atoms with van der Waals surface area (Å²) in [7, 11) is -0.951. The minimum atomic E-state index is -3.89. The Balaban J connectivity index is 2.06. The Morgan fingerprint density at radius 1 is 1.19 bits per heavy atom. The van der Waals surface area contributed by atoms with Gasteiger partial charge in [-0.1, -0.05) is 17.7 Å². The SMILES string of the molecule is COc1cc(C)c(S(=O)(=O)N(Cc2c(F)cccc2Cl)C2CC2)cc1OC. The number of rotatable bonds is 7. The van der Waals surface area contributed by atoms with Gasteiger partial charge in [0, 0.05) is 29.2 Å². The highest BCUT2D eigenvalue weighted by Gasteiger charge is 2.39. The summed E-state index contributed by atoms with van der Waals surface area (Å²) < 4.78 is 52.8. The van der Waals surface area contributed by atoms with E-state index >= 15 is 0 Å². The van der Waals surface area contributed by atoms with E-state index in [4.69, 9.17) is 21.1 Å². The molecule has 0 radical (unpaired) electrons. The number of hydrogen-bond donors (Lipinski definition) is 0.